The fraction of sp³-hybridized carbons (Fsp3) is 0.312. The van der Waals surface area contributed by atoms with Gasteiger partial charge < -0.3 is 9.73 Å². The van der Waals surface area contributed by atoms with Crippen molar-refractivity contribution >= 4 is 25.6 Å². The molecule has 1 aromatic carbocycles. The quantitative estimate of drug-likeness (QED) is 0.830. The van der Waals surface area contributed by atoms with Crippen LogP contribution in [0.2, 0.25) is 0 Å². The summed E-state index contributed by atoms with van der Waals surface area (Å²) >= 11 is 0. The lowest BCUT2D eigenvalue weighted by molar-refractivity contribution is 0.0948. The summed E-state index contributed by atoms with van der Waals surface area (Å²) in [4.78, 5) is 12.1. The Morgan fingerprint density at radius 2 is 1.92 bits per heavy atom. The van der Waals surface area contributed by atoms with E-state index in [1.165, 1.54) is 30.5 Å². The van der Waals surface area contributed by atoms with Gasteiger partial charge in [0.1, 0.15) is 5.76 Å². The van der Waals surface area contributed by atoms with Crippen molar-refractivity contribution in [2.75, 3.05) is 11.5 Å². The van der Waals surface area contributed by atoms with Crippen LogP contribution in [-0.4, -0.2) is 39.5 Å². The van der Waals surface area contributed by atoms with Gasteiger partial charge in [-0.1, -0.05) is 0 Å². The second-order valence-electron chi connectivity index (χ2n) is 5.86. The predicted molar refractivity (Wildman–Crippen MR) is 90.6 cm³/mol. The molecule has 1 aliphatic rings. The number of hydrogen-bond donors (Lipinski definition) is 1. The third-order valence-electron chi connectivity index (χ3n) is 4.08. The van der Waals surface area contributed by atoms with Crippen molar-refractivity contribution in [3.8, 4) is 0 Å². The van der Waals surface area contributed by atoms with Gasteiger partial charge in [0.15, 0.2) is 19.7 Å². The number of hydrogen-bond acceptors (Lipinski definition) is 6. The summed E-state index contributed by atoms with van der Waals surface area (Å²) in [5.41, 5.74) is 0.310. The maximum Gasteiger partial charge on any atom is 0.251 e. The van der Waals surface area contributed by atoms with Gasteiger partial charge in [-0.25, -0.2) is 16.8 Å². The largest absolute Gasteiger partial charge is 0.467 e. The first-order valence-electron chi connectivity index (χ1n) is 7.63. The number of carbonyl (C=O) groups is 1. The SMILES string of the molecule is O=C(NCc1ccco1)c1ccc(S(=O)(=O)C2CCS(=O)(=O)C2)cc1. The highest BCUT2D eigenvalue weighted by Crippen LogP contribution is 2.25. The molecule has 0 aliphatic carbocycles. The van der Waals surface area contributed by atoms with Gasteiger partial charge >= 0.3 is 0 Å². The topological polar surface area (TPSA) is 111 Å². The maximum atomic E-state index is 12.5. The molecule has 0 radical (unpaired) electrons. The Morgan fingerprint density at radius 1 is 1.20 bits per heavy atom. The van der Waals surface area contributed by atoms with Crippen molar-refractivity contribution < 1.29 is 26.0 Å². The Hall–Kier alpha value is -2.13. The molecule has 0 spiro atoms. The van der Waals surface area contributed by atoms with E-state index in [1.54, 1.807) is 12.1 Å². The standard InChI is InChI=1S/C16H17NO6S2/c18-16(17-10-13-2-1-8-23-13)12-3-5-14(6-4-12)25(21,22)15-7-9-24(19,20)11-15/h1-6,8,15H,7,9-11H2,(H,17,18). The first kappa shape index (κ1) is 17.7. The first-order valence-corrected chi connectivity index (χ1v) is 11.0. The number of rotatable bonds is 5. The van der Waals surface area contributed by atoms with E-state index >= 15 is 0 Å². The molecular formula is C16H17NO6S2. The minimum atomic E-state index is -3.73. The van der Waals surface area contributed by atoms with Crippen LogP contribution in [0.3, 0.4) is 0 Å². The monoisotopic (exact) mass is 383 g/mol. The number of sulfone groups is 2. The summed E-state index contributed by atoms with van der Waals surface area (Å²) in [7, 11) is -7.02. The molecule has 1 fully saturated rings. The molecule has 25 heavy (non-hydrogen) atoms. The van der Waals surface area contributed by atoms with Crippen molar-refractivity contribution in [1.82, 2.24) is 5.32 Å². The molecule has 1 N–H and O–H groups in total. The lowest BCUT2D eigenvalue weighted by atomic mass is 10.2. The van der Waals surface area contributed by atoms with Crippen LogP contribution in [0.15, 0.2) is 52.0 Å². The van der Waals surface area contributed by atoms with Crippen molar-refractivity contribution in [3.63, 3.8) is 0 Å². The highest BCUT2D eigenvalue weighted by atomic mass is 32.2. The highest BCUT2D eigenvalue weighted by Gasteiger charge is 2.37. The van der Waals surface area contributed by atoms with Crippen LogP contribution in [0.1, 0.15) is 22.5 Å². The first-order chi connectivity index (χ1) is 11.8. The van der Waals surface area contributed by atoms with Crippen LogP contribution < -0.4 is 5.32 Å². The van der Waals surface area contributed by atoms with E-state index in [-0.39, 0.29) is 35.3 Å². The fourth-order valence-electron chi connectivity index (χ4n) is 2.68. The third kappa shape index (κ3) is 3.93. The van der Waals surface area contributed by atoms with E-state index in [4.69, 9.17) is 4.42 Å². The van der Waals surface area contributed by atoms with Gasteiger partial charge in [-0.2, -0.15) is 0 Å². The van der Waals surface area contributed by atoms with Crippen LogP contribution >= 0.6 is 0 Å². The molecule has 1 amide bonds. The number of carbonyl (C=O) groups excluding carboxylic acids is 1. The van der Waals surface area contributed by atoms with Gasteiger partial charge in [-0.05, 0) is 42.8 Å². The van der Waals surface area contributed by atoms with Crippen LogP contribution in [0.5, 0.6) is 0 Å². The zero-order valence-corrected chi connectivity index (χ0v) is 14.8. The van der Waals surface area contributed by atoms with E-state index in [1.807, 2.05) is 0 Å². The molecule has 1 aromatic heterocycles. The molecule has 2 heterocycles. The van der Waals surface area contributed by atoms with Crippen LogP contribution in [0.25, 0.3) is 0 Å². The average molecular weight is 383 g/mol. The number of amides is 1. The molecule has 1 unspecified atom stereocenters. The second-order valence-corrected chi connectivity index (χ2v) is 10.3. The summed E-state index contributed by atoms with van der Waals surface area (Å²) in [5, 5.41) is 1.74. The van der Waals surface area contributed by atoms with Crippen molar-refractivity contribution in [2.45, 2.75) is 23.1 Å². The van der Waals surface area contributed by atoms with Crippen LogP contribution in [0.4, 0.5) is 0 Å². The molecular weight excluding hydrogens is 366 g/mol. The lowest BCUT2D eigenvalue weighted by Gasteiger charge is -2.10. The van der Waals surface area contributed by atoms with Gasteiger partial charge in [-0.3, -0.25) is 4.79 Å². The number of benzene rings is 1. The normalized spacial score (nSPS) is 19.6. The Labute approximate surface area is 145 Å². The third-order valence-corrected chi connectivity index (χ3v) is 8.27. The summed E-state index contributed by atoms with van der Waals surface area (Å²) in [6, 6.07) is 8.93. The Bertz CT molecular complexity index is 960. The summed E-state index contributed by atoms with van der Waals surface area (Å²) < 4.78 is 53.1. The number of nitrogens with one attached hydrogen (secondary N) is 1. The molecule has 0 saturated carbocycles. The highest BCUT2D eigenvalue weighted by molar-refractivity contribution is 7.96. The second kappa shape index (κ2) is 6.64. The van der Waals surface area contributed by atoms with Gasteiger partial charge in [-0.15, -0.1) is 0 Å². The molecule has 1 saturated heterocycles. The van der Waals surface area contributed by atoms with E-state index in [2.05, 4.69) is 5.32 Å². The average Bonchev–Trinajstić information content (AvgIpc) is 3.22. The van der Waals surface area contributed by atoms with Gasteiger partial charge in [0.2, 0.25) is 0 Å². The van der Waals surface area contributed by atoms with Gasteiger partial charge in [0.05, 0.1) is 34.5 Å². The minimum absolute atomic E-state index is 0.0252. The zero-order chi connectivity index (χ0) is 18.1. The smallest absolute Gasteiger partial charge is 0.251 e. The lowest BCUT2D eigenvalue weighted by Crippen LogP contribution is -2.24. The molecule has 2 aromatic rings. The fourth-order valence-corrected chi connectivity index (χ4v) is 7.04. The predicted octanol–water partition coefficient (Wildman–Crippen LogP) is 1.17. The van der Waals surface area contributed by atoms with Crippen LogP contribution in [-0.2, 0) is 26.2 Å². The maximum absolute atomic E-state index is 12.5. The van der Waals surface area contributed by atoms with Crippen LogP contribution in [0, 0.1) is 0 Å². The van der Waals surface area contributed by atoms with E-state index in [0.29, 0.717) is 11.3 Å². The van der Waals surface area contributed by atoms with E-state index in [0.717, 1.165) is 0 Å². The zero-order valence-electron chi connectivity index (χ0n) is 13.2. The summed E-state index contributed by atoms with van der Waals surface area (Å²) in [6.45, 7) is 0.228. The molecule has 0 bridgehead atoms. The molecule has 134 valence electrons. The molecule has 7 nitrogen and oxygen atoms in total. The molecule has 3 rings (SSSR count). The van der Waals surface area contributed by atoms with Gasteiger partial charge in [0.25, 0.3) is 5.91 Å². The Kier molecular flexibility index (Phi) is 4.70. The van der Waals surface area contributed by atoms with Crippen molar-refractivity contribution in [3.05, 3.63) is 54.0 Å². The molecule has 1 atom stereocenters. The van der Waals surface area contributed by atoms with Crippen molar-refractivity contribution in [1.29, 1.82) is 0 Å². The molecule has 9 heteroatoms. The van der Waals surface area contributed by atoms with E-state index < -0.39 is 24.9 Å². The Balaban J connectivity index is 1.70. The molecule has 1 aliphatic heterocycles. The summed E-state index contributed by atoms with van der Waals surface area (Å²) in [6.07, 6.45) is 1.61. The summed E-state index contributed by atoms with van der Waals surface area (Å²) in [5.74, 6) is -0.205. The van der Waals surface area contributed by atoms with E-state index in [9.17, 15) is 21.6 Å². The minimum Gasteiger partial charge on any atom is -0.467 e. The number of furan rings is 1. The van der Waals surface area contributed by atoms with Gasteiger partial charge in [0, 0.05) is 5.56 Å². The van der Waals surface area contributed by atoms with Crippen molar-refractivity contribution in [2.24, 2.45) is 0 Å². The Morgan fingerprint density at radius 3 is 2.48 bits per heavy atom.